The third kappa shape index (κ3) is 5.96. The summed E-state index contributed by atoms with van der Waals surface area (Å²) in [5, 5.41) is 0.936. The summed E-state index contributed by atoms with van der Waals surface area (Å²) in [5.41, 5.74) is 2.48. The Morgan fingerprint density at radius 3 is 2.77 bits per heavy atom. The molecule has 30 heavy (non-hydrogen) atoms. The average molecular weight is 427 g/mol. The number of likely N-dealkylation sites (tertiary alicyclic amines) is 2. The van der Waals surface area contributed by atoms with Crippen LogP contribution in [0.3, 0.4) is 0 Å². The van der Waals surface area contributed by atoms with Gasteiger partial charge in [0, 0.05) is 48.8 Å². The van der Waals surface area contributed by atoms with Crippen LogP contribution < -0.4 is 4.74 Å². The summed E-state index contributed by atoms with van der Waals surface area (Å²) < 4.78 is 5.83. The second-order valence-corrected chi connectivity index (χ2v) is 9.34. The van der Waals surface area contributed by atoms with E-state index >= 15 is 0 Å². The van der Waals surface area contributed by atoms with E-state index in [9.17, 15) is 0 Å². The SMILES string of the molecule is CCOc1ccccc1CN1CCCC(c2ccnc(SCCN3CCCC3)n2)C1. The van der Waals surface area contributed by atoms with Crippen LogP contribution in [-0.4, -0.2) is 64.9 Å². The number of thioether (sulfide) groups is 1. The van der Waals surface area contributed by atoms with Crippen molar-refractivity contribution in [2.45, 2.75) is 50.2 Å². The molecule has 1 unspecified atom stereocenters. The van der Waals surface area contributed by atoms with Gasteiger partial charge in [-0.2, -0.15) is 0 Å². The fourth-order valence-corrected chi connectivity index (χ4v) is 5.37. The maximum Gasteiger partial charge on any atom is 0.187 e. The second kappa shape index (κ2) is 11.1. The van der Waals surface area contributed by atoms with E-state index in [0.717, 1.165) is 42.8 Å². The molecule has 162 valence electrons. The number of aromatic nitrogens is 2. The van der Waals surface area contributed by atoms with Crippen LogP contribution in [0.4, 0.5) is 0 Å². The molecule has 4 rings (SSSR count). The molecule has 2 fully saturated rings. The van der Waals surface area contributed by atoms with Crippen molar-refractivity contribution in [1.29, 1.82) is 0 Å². The van der Waals surface area contributed by atoms with E-state index in [1.807, 2.05) is 13.1 Å². The minimum atomic E-state index is 0.485. The molecular weight excluding hydrogens is 392 g/mol. The Kier molecular flexibility index (Phi) is 8.01. The number of piperidine rings is 1. The highest BCUT2D eigenvalue weighted by Crippen LogP contribution is 2.29. The Morgan fingerprint density at radius 2 is 1.90 bits per heavy atom. The van der Waals surface area contributed by atoms with Crippen molar-refractivity contribution in [3.05, 3.63) is 47.8 Å². The third-order valence-electron chi connectivity index (χ3n) is 6.08. The third-order valence-corrected chi connectivity index (χ3v) is 6.92. The first-order valence-corrected chi connectivity index (χ1v) is 12.4. The highest BCUT2D eigenvalue weighted by Gasteiger charge is 2.23. The van der Waals surface area contributed by atoms with Crippen molar-refractivity contribution in [1.82, 2.24) is 19.8 Å². The highest BCUT2D eigenvalue weighted by atomic mass is 32.2. The second-order valence-electron chi connectivity index (χ2n) is 8.28. The van der Waals surface area contributed by atoms with E-state index in [1.54, 1.807) is 11.8 Å². The van der Waals surface area contributed by atoms with Crippen molar-refractivity contribution in [3.8, 4) is 5.75 Å². The van der Waals surface area contributed by atoms with Gasteiger partial charge in [0.1, 0.15) is 5.75 Å². The van der Waals surface area contributed by atoms with E-state index < -0.39 is 0 Å². The van der Waals surface area contributed by atoms with Crippen LogP contribution in [0.2, 0.25) is 0 Å². The summed E-state index contributed by atoms with van der Waals surface area (Å²) in [5.74, 6) is 2.58. The van der Waals surface area contributed by atoms with Crippen molar-refractivity contribution in [2.75, 3.05) is 45.1 Å². The van der Waals surface area contributed by atoms with Crippen LogP contribution in [-0.2, 0) is 6.54 Å². The molecule has 0 radical (unpaired) electrons. The fourth-order valence-electron chi connectivity index (χ4n) is 4.54. The summed E-state index contributed by atoms with van der Waals surface area (Å²) in [7, 11) is 0. The van der Waals surface area contributed by atoms with Gasteiger partial charge in [0.2, 0.25) is 0 Å². The number of hydrogen-bond donors (Lipinski definition) is 0. The lowest BCUT2D eigenvalue weighted by Gasteiger charge is -2.32. The monoisotopic (exact) mass is 426 g/mol. The molecule has 2 aliphatic heterocycles. The first kappa shape index (κ1) is 21.6. The summed E-state index contributed by atoms with van der Waals surface area (Å²) in [6.45, 7) is 9.54. The zero-order valence-electron chi connectivity index (χ0n) is 18.1. The topological polar surface area (TPSA) is 41.5 Å². The van der Waals surface area contributed by atoms with Crippen LogP contribution >= 0.6 is 11.8 Å². The standard InChI is InChI=1S/C24H34N4OS/c1-2-29-23-10-4-3-8-21(23)19-28-15-7-9-20(18-28)22-11-12-25-24(26-22)30-17-16-27-13-5-6-14-27/h3-4,8,10-12,20H,2,5-7,9,13-19H2,1H3. The quantitative estimate of drug-likeness (QED) is 0.436. The van der Waals surface area contributed by atoms with Gasteiger partial charge in [-0.25, -0.2) is 9.97 Å². The molecule has 1 aromatic carbocycles. The number of hydrogen-bond acceptors (Lipinski definition) is 6. The Labute approximate surface area is 185 Å². The molecular formula is C24H34N4OS. The van der Waals surface area contributed by atoms with Gasteiger partial charge in [-0.05, 0) is 64.4 Å². The fraction of sp³-hybridized carbons (Fsp3) is 0.583. The summed E-state index contributed by atoms with van der Waals surface area (Å²) >= 11 is 1.80. The zero-order valence-corrected chi connectivity index (χ0v) is 18.9. The Balaban J connectivity index is 1.34. The van der Waals surface area contributed by atoms with Crippen LogP contribution in [0.5, 0.6) is 5.75 Å². The first-order valence-electron chi connectivity index (χ1n) is 11.4. The number of para-hydroxylation sites is 1. The molecule has 0 saturated carbocycles. The normalized spacial score (nSPS) is 20.5. The van der Waals surface area contributed by atoms with Gasteiger partial charge >= 0.3 is 0 Å². The molecule has 5 nitrogen and oxygen atoms in total. The maximum atomic E-state index is 5.83. The first-order chi connectivity index (χ1) is 14.8. The average Bonchev–Trinajstić information content (AvgIpc) is 3.29. The Hall–Kier alpha value is -1.63. The van der Waals surface area contributed by atoms with Crippen molar-refractivity contribution < 1.29 is 4.74 Å². The Bertz CT molecular complexity index is 796. The van der Waals surface area contributed by atoms with Gasteiger partial charge in [0.25, 0.3) is 0 Å². The van der Waals surface area contributed by atoms with E-state index in [0.29, 0.717) is 12.5 Å². The van der Waals surface area contributed by atoms with Gasteiger partial charge in [0.15, 0.2) is 5.16 Å². The van der Waals surface area contributed by atoms with Crippen LogP contribution in [0.1, 0.15) is 49.8 Å². The number of nitrogens with zero attached hydrogens (tertiary/aromatic N) is 4. The summed E-state index contributed by atoms with van der Waals surface area (Å²) in [6.07, 6.45) is 7.07. The maximum absolute atomic E-state index is 5.83. The summed E-state index contributed by atoms with van der Waals surface area (Å²) in [4.78, 5) is 14.6. The highest BCUT2D eigenvalue weighted by molar-refractivity contribution is 7.99. The van der Waals surface area contributed by atoms with E-state index in [-0.39, 0.29) is 0 Å². The molecule has 0 spiro atoms. The van der Waals surface area contributed by atoms with Gasteiger partial charge in [0.05, 0.1) is 6.61 Å². The lowest BCUT2D eigenvalue weighted by atomic mass is 9.94. The largest absolute Gasteiger partial charge is 0.494 e. The number of ether oxygens (including phenoxy) is 1. The molecule has 1 atom stereocenters. The molecule has 0 N–H and O–H groups in total. The van der Waals surface area contributed by atoms with Gasteiger partial charge in [-0.3, -0.25) is 4.90 Å². The Morgan fingerprint density at radius 1 is 1.07 bits per heavy atom. The molecule has 0 aliphatic carbocycles. The van der Waals surface area contributed by atoms with Crippen molar-refractivity contribution >= 4 is 11.8 Å². The van der Waals surface area contributed by atoms with Crippen molar-refractivity contribution in [3.63, 3.8) is 0 Å². The molecule has 2 aromatic rings. The van der Waals surface area contributed by atoms with Crippen molar-refractivity contribution in [2.24, 2.45) is 0 Å². The van der Waals surface area contributed by atoms with E-state index in [1.165, 1.54) is 50.0 Å². The smallest absolute Gasteiger partial charge is 0.187 e. The number of rotatable bonds is 9. The predicted octanol–water partition coefficient (Wildman–Crippen LogP) is 4.44. The molecule has 2 saturated heterocycles. The lowest BCUT2D eigenvalue weighted by Crippen LogP contribution is -2.34. The molecule has 6 heteroatoms. The van der Waals surface area contributed by atoms with Gasteiger partial charge < -0.3 is 9.64 Å². The van der Waals surface area contributed by atoms with Crippen LogP contribution in [0.15, 0.2) is 41.7 Å². The lowest BCUT2D eigenvalue weighted by molar-refractivity contribution is 0.195. The minimum Gasteiger partial charge on any atom is -0.494 e. The van der Waals surface area contributed by atoms with E-state index in [4.69, 9.17) is 9.72 Å². The van der Waals surface area contributed by atoms with E-state index in [2.05, 4.69) is 45.1 Å². The summed E-state index contributed by atoms with van der Waals surface area (Å²) in [6, 6.07) is 10.5. The molecule has 1 aromatic heterocycles. The molecule has 2 aliphatic rings. The van der Waals surface area contributed by atoms with Gasteiger partial charge in [-0.15, -0.1) is 0 Å². The predicted molar refractivity (Wildman–Crippen MR) is 123 cm³/mol. The minimum absolute atomic E-state index is 0.485. The molecule has 0 bridgehead atoms. The molecule has 3 heterocycles. The van der Waals surface area contributed by atoms with Crippen LogP contribution in [0.25, 0.3) is 0 Å². The zero-order chi connectivity index (χ0) is 20.6. The molecule has 0 amide bonds. The van der Waals surface area contributed by atoms with Gasteiger partial charge in [-0.1, -0.05) is 30.0 Å². The van der Waals surface area contributed by atoms with Crippen LogP contribution in [0, 0.1) is 0 Å². The number of benzene rings is 1.